The number of aromatic nitrogens is 2. The number of aryl methyl sites for hydroxylation is 2. The van der Waals surface area contributed by atoms with Gasteiger partial charge in [-0.15, -0.1) is 0 Å². The van der Waals surface area contributed by atoms with Crippen LogP contribution in [0.15, 0.2) is 35.1 Å². The highest BCUT2D eigenvalue weighted by molar-refractivity contribution is 9.10. The fraction of sp³-hybridized carbons (Fsp3) is 0.167. The molecule has 2 aromatic rings. The third kappa shape index (κ3) is 7.13. The Kier molecular flexibility index (Phi) is 6.80. The van der Waals surface area contributed by atoms with Crippen molar-refractivity contribution in [3.63, 3.8) is 0 Å². The van der Waals surface area contributed by atoms with Gasteiger partial charge in [-0.05, 0) is 59.1 Å². The predicted octanol–water partition coefficient (Wildman–Crippen LogP) is 2.75. The van der Waals surface area contributed by atoms with E-state index in [1.165, 1.54) is 12.4 Å². The van der Waals surface area contributed by atoms with E-state index in [1.807, 2.05) is 24.7 Å². The number of nitrogens with zero attached hydrogens (tertiary/aromatic N) is 4. The van der Waals surface area contributed by atoms with Gasteiger partial charge in [0.2, 0.25) is 0 Å². The maximum Gasteiger partial charge on any atom is 0.190 e. The van der Waals surface area contributed by atoms with Gasteiger partial charge in [0.15, 0.2) is 21.7 Å². The van der Waals surface area contributed by atoms with Crippen LogP contribution >= 0.6 is 15.9 Å². The Bertz CT molecular complexity index is 712. The van der Waals surface area contributed by atoms with Crippen LogP contribution in [0.5, 0.6) is 0 Å². The molecule has 10 nitrogen and oxygen atoms in total. The van der Waals surface area contributed by atoms with Crippen molar-refractivity contribution in [2.45, 2.75) is 13.8 Å². The molecule has 0 atom stereocenters. The molecule has 11 heteroatoms. The molecule has 0 spiro atoms. The van der Waals surface area contributed by atoms with Crippen molar-refractivity contribution >= 4 is 27.6 Å². The number of pyridine rings is 2. The molecule has 0 aliphatic carbocycles. The van der Waals surface area contributed by atoms with Crippen molar-refractivity contribution < 1.29 is 10.1 Å². The molecule has 0 radical (unpaired) electrons. The van der Waals surface area contributed by atoms with E-state index in [9.17, 15) is 20.2 Å². The SMILES string of the molecule is Cc1cc(N[N+](=O)[O-])ncc1Br.Cc1ccnc(N[N+](=O)[O-])c1. The van der Waals surface area contributed by atoms with Crippen LogP contribution in [0.25, 0.3) is 0 Å². The molecule has 2 heterocycles. The first-order valence-corrected chi connectivity index (χ1v) is 6.94. The number of hydrogen-bond acceptors (Lipinski definition) is 6. The lowest BCUT2D eigenvalue weighted by Gasteiger charge is -1.99. The van der Waals surface area contributed by atoms with E-state index in [0.717, 1.165) is 15.6 Å². The quantitative estimate of drug-likeness (QED) is 0.606. The Balaban J connectivity index is 0.000000231. The summed E-state index contributed by atoms with van der Waals surface area (Å²) < 4.78 is 0.830. The lowest BCUT2D eigenvalue weighted by molar-refractivity contribution is -0.445. The molecular weight excluding hydrogens is 372 g/mol. The minimum atomic E-state index is -0.643. The summed E-state index contributed by atoms with van der Waals surface area (Å²) in [4.78, 5) is 27.4. The van der Waals surface area contributed by atoms with Crippen molar-refractivity contribution in [1.82, 2.24) is 9.97 Å². The van der Waals surface area contributed by atoms with Gasteiger partial charge in [0.05, 0.1) is 0 Å². The van der Waals surface area contributed by atoms with Gasteiger partial charge in [-0.25, -0.2) is 30.2 Å². The molecule has 0 bridgehead atoms. The summed E-state index contributed by atoms with van der Waals surface area (Å²) in [7, 11) is 0. The van der Waals surface area contributed by atoms with Crippen LogP contribution in [0.1, 0.15) is 11.1 Å². The van der Waals surface area contributed by atoms with Crippen molar-refractivity contribution in [1.29, 1.82) is 0 Å². The summed E-state index contributed by atoms with van der Waals surface area (Å²) in [6, 6.07) is 4.96. The molecule has 2 rings (SSSR count). The van der Waals surface area contributed by atoms with Crippen LogP contribution in [0.2, 0.25) is 0 Å². The molecule has 2 aromatic heterocycles. The topological polar surface area (TPSA) is 136 Å². The zero-order valence-corrected chi connectivity index (χ0v) is 13.8. The van der Waals surface area contributed by atoms with Crippen molar-refractivity contribution in [2.24, 2.45) is 0 Å². The molecule has 122 valence electrons. The van der Waals surface area contributed by atoms with Crippen LogP contribution in [-0.2, 0) is 0 Å². The lowest BCUT2D eigenvalue weighted by atomic mass is 10.3. The minimum Gasteiger partial charge on any atom is -0.234 e. The first kappa shape index (κ1) is 18.2. The zero-order chi connectivity index (χ0) is 17.4. The second-order valence-corrected chi connectivity index (χ2v) is 5.13. The van der Waals surface area contributed by atoms with Gasteiger partial charge >= 0.3 is 0 Å². The number of nitro groups is 2. The first-order chi connectivity index (χ1) is 10.8. The molecule has 23 heavy (non-hydrogen) atoms. The van der Waals surface area contributed by atoms with Crippen molar-refractivity contribution in [3.05, 3.63) is 66.4 Å². The van der Waals surface area contributed by atoms with Crippen LogP contribution in [0, 0.1) is 34.1 Å². The number of rotatable bonds is 4. The summed E-state index contributed by atoms with van der Waals surface area (Å²) in [6.45, 7) is 3.67. The zero-order valence-electron chi connectivity index (χ0n) is 12.2. The highest BCUT2D eigenvalue weighted by Gasteiger charge is 2.02. The molecule has 0 amide bonds. The van der Waals surface area contributed by atoms with Gasteiger partial charge < -0.3 is 0 Å². The van der Waals surface area contributed by atoms with E-state index in [0.29, 0.717) is 0 Å². The van der Waals surface area contributed by atoms with Gasteiger partial charge in [0, 0.05) is 16.9 Å². The fourth-order valence-corrected chi connectivity index (χ4v) is 1.60. The molecule has 0 saturated heterocycles. The summed E-state index contributed by atoms with van der Waals surface area (Å²) in [5, 5.41) is 18.7. The first-order valence-electron chi connectivity index (χ1n) is 6.15. The maximum absolute atomic E-state index is 10.0. The molecule has 0 saturated carbocycles. The molecule has 0 fully saturated rings. The van der Waals surface area contributed by atoms with Crippen molar-refractivity contribution in [3.8, 4) is 0 Å². The standard InChI is InChI=1S/C6H6BrN3O2.C6H7N3O2/c1-4-2-6(9-10(11)12)8-3-5(4)7;1-5-2-3-7-6(4-5)8-9(10)11/h2-3H,1H3,(H,8,9);2-4H,1H3,(H,7,8). The summed E-state index contributed by atoms with van der Waals surface area (Å²) >= 11 is 3.24. The Morgan fingerprint density at radius 1 is 1.04 bits per heavy atom. The average molecular weight is 385 g/mol. The molecule has 0 aliphatic heterocycles. The normalized spacial score (nSPS) is 9.35. The summed E-state index contributed by atoms with van der Waals surface area (Å²) in [5.41, 5.74) is 5.75. The molecule has 0 aliphatic rings. The molecule has 2 N–H and O–H groups in total. The Hall–Kier alpha value is -2.82. The molecule has 0 unspecified atom stereocenters. The summed E-state index contributed by atoms with van der Waals surface area (Å²) in [5.74, 6) is 0.496. The number of hydrazine groups is 2. The number of anilines is 2. The van der Waals surface area contributed by atoms with E-state index in [2.05, 4.69) is 25.9 Å². The fourth-order valence-electron chi connectivity index (χ4n) is 1.38. The van der Waals surface area contributed by atoms with Crippen molar-refractivity contribution in [2.75, 3.05) is 10.9 Å². The average Bonchev–Trinajstić information content (AvgIpc) is 2.42. The Morgan fingerprint density at radius 3 is 2.09 bits per heavy atom. The van der Waals surface area contributed by atoms with E-state index < -0.39 is 10.1 Å². The number of halogens is 1. The minimum absolute atomic E-state index is 0.237. The largest absolute Gasteiger partial charge is 0.234 e. The van der Waals surface area contributed by atoms with Gasteiger partial charge in [-0.2, -0.15) is 0 Å². The van der Waals surface area contributed by atoms with Gasteiger partial charge in [0.25, 0.3) is 0 Å². The smallest absolute Gasteiger partial charge is 0.190 e. The van der Waals surface area contributed by atoms with Crippen LogP contribution < -0.4 is 10.9 Å². The molecular formula is C12H13BrN6O4. The second-order valence-electron chi connectivity index (χ2n) is 4.27. The molecule has 0 aromatic carbocycles. The monoisotopic (exact) mass is 384 g/mol. The van der Waals surface area contributed by atoms with E-state index >= 15 is 0 Å². The van der Waals surface area contributed by atoms with E-state index in [1.54, 1.807) is 18.2 Å². The second kappa shape index (κ2) is 8.58. The third-order valence-corrected chi connectivity index (χ3v) is 3.20. The van der Waals surface area contributed by atoms with Crippen LogP contribution in [-0.4, -0.2) is 20.0 Å². The van der Waals surface area contributed by atoms with Crippen LogP contribution in [0.3, 0.4) is 0 Å². The van der Waals surface area contributed by atoms with E-state index in [4.69, 9.17) is 0 Å². The van der Waals surface area contributed by atoms with Crippen LogP contribution in [0.4, 0.5) is 11.6 Å². The highest BCUT2D eigenvalue weighted by atomic mass is 79.9. The van der Waals surface area contributed by atoms with Gasteiger partial charge in [0.1, 0.15) is 0 Å². The number of hydrogen-bond donors (Lipinski definition) is 2. The third-order valence-electron chi connectivity index (χ3n) is 2.37. The Morgan fingerprint density at radius 2 is 1.61 bits per heavy atom. The van der Waals surface area contributed by atoms with E-state index in [-0.39, 0.29) is 11.6 Å². The number of nitrogens with one attached hydrogen (secondary N) is 2. The van der Waals surface area contributed by atoms with Gasteiger partial charge in [-0.3, -0.25) is 0 Å². The Labute approximate surface area is 139 Å². The highest BCUT2D eigenvalue weighted by Crippen LogP contribution is 2.16. The van der Waals surface area contributed by atoms with Gasteiger partial charge in [-0.1, -0.05) is 10.9 Å². The predicted molar refractivity (Wildman–Crippen MR) is 86.9 cm³/mol. The maximum atomic E-state index is 10.0. The lowest BCUT2D eigenvalue weighted by Crippen LogP contribution is -2.09. The summed E-state index contributed by atoms with van der Waals surface area (Å²) in [6.07, 6.45) is 3.03.